The molecule has 0 aromatic carbocycles. The topological polar surface area (TPSA) is 85.2 Å². The summed E-state index contributed by atoms with van der Waals surface area (Å²) in [4.78, 5) is 18.0. The van der Waals surface area contributed by atoms with Gasteiger partial charge in [0, 0.05) is 18.8 Å². The fourth-order valence-electron chi connectivity index (χ4n) is 2.49. The molecule has 1 amide bonds. The molecule has 98 valence electrons. The highest BCUT2D eigenvalue weighted by molar-refractivity contribution is 5.83. The van der Waals surface area contributed by atoms with Crippen LogP contribution in [-0.2, 0) is 11.3 Å². The number of aryl methyl sites for hydroxylation is 1. The Morgan fingerprint density at radius 3 is 2.94 bits per heavy atom. The van der Waals surface area contributed by atoms with Gasteiger partial charge >= 0.3 is 0 Å². The maximum Gasteiger partial charge on any atom is 0.240 e. The highest BCUT2D eigenvalue weighted by Crippen LogP contribution is 2.24. The third-order valence-corrected chi connectivity index (χ3v) is 3.36. The minimum Gasteiger partial charge on any atom is -0.368 e. The molecule has 0 aliphatic carbocycles. The number of hydrogen-bond donors (Lipinski definition) is 2. The van der Waals surface area contributed by atoms with Gasteiger partial charge in [0.05, 0.1) is 0 Å². The van der Waals surface area contributed by atoms with E-state index in [1.807, 2.05) is 24.0 Å². The summed E-state index contributed by atoms with van der Waals surface area (Å²) >= 11 is 0. The molecule has 18 heavy (non-hydrogen) atoms. The molecule has 0 spiro atoms. The largest absolute Gasteiger partial charge is 0.368 e. The zero-order valence-corrected chi connectivity index (χ0v) is 10.7. The number of nitrogens with two attached hydrogens (primary N) is 2. The Morgan fingerprint density at radius 2 is 2.28 bits per heavy atom. The summed E-state index contributed by atoms with van der Waals surface area (Å²) in [6.07, 6.45) is 2.92. The van der Waals surface area contributed by atoms with Gasteiger partial charge in [-0.25, -0.2) is 4.98 Å². The first-order valence-electron chi connectivity index (χ1n) is 6.35. The van der Waals surface area contributed by atoms with Crippen molar-refractivity contribution in [2.45, 2.75) is 38.8 Å². The minimum atomic E-state index is -0.271. The van der Waals surface area contributed by atoms with E-state index >= 15 is 0 Å². The fourth-order valence-corrected chi connectivity index (χ4v) is 2.49. The second-order valence-electron chi connectivity index (χ2n) is 4.79. The highest BCUT2D eigenvalue weighted by atomic mass is 16.1. The van der Waals surface area contributed by atoms with Crippen molar-refractivity contribution in [3.05, 3.63) is 23.4 Å². The number of carbonyl (C=O) groups is 1. The Balaban J connectivity index is 2.33. The standard InChI is InChI=1S/C13H20N4O/c1-9-6-10(8-14)7-12(16-9)17-5-3-2-4-11(17)13(15)18/h6-7,11H,2-5,8,14H2,1H3,(H2,15,18). The molecule has 1 aliphatic rings. The third-order valence-electron chi connectivity index (χ3n) is 3.36. The first-order chi connectivity index (χ1) is 8.61. The van der Waals surface area contributed by atoms with E-state index in [2.05, 4.69) is 4.98 Å². The maximum atomic E-state index is 11.5. The lowest BCUT2D eigenvalue weighted by atomic mass is 10.0. The molecule has 4 N–H and O–H groups in total. The van der Waals surface area contributed by atoms with Crippen LogP contribution in [0.4, 0.5) is 5.82 Å². The number of rotatable bonds is 3. The Morgan fingerprint density at radius 1 is 1.50 bits per heavy atom. The lowest BCUT2D eigenvalue weighted by molar-refractivity contribution is -0.119. The molecule has 2 rings (SSSR count). The smallest absolute Gasteiger partial charge is 0.240 e. The summed E-state index contributed by atoms with van der Waals surface area (Å²) in [5.74, 6) is 0.547. The van der Waals surface area contributed by atoms with Crippen LogP contribution in [-0.4, -0.2) is 23.5 Å². The van der Waals surface area contributed by atoms with Crippen molar-refractivity contribution in [2.75, 3.05) is 11.4 Å². The molecule has 2 heterocycles. The number of nitrogens with zero attached hydrogens (tertiary/aromatic N) is 2. The van der Waals surface area contributed by atoms with Crippen LogP contribution in [0.3, 0.4) is 0 Å². The molecule has 1 unspecified atom stereocenters. The van der Waals surface area contributed by atoms with E-state index in [0.717, 1.165) is 42.9 Å². The van der Waals surface area contributed by atoms with Crippen molar-refractivity contribution < 1.29 is 4.79 Å². The molecule has 1 saturated heterocycles. The van der Waals surface area contributed by atoms with Crippen LogP contribution in [0.25, 0.3) is 0 Å². The summed E-state index contributed by atoms with van der Waals surface area (Å²) in [6, 6.07) is 3.68. The van der Waals surface area contributed by atoms with Gasteiger partial charge < -0.3 is 16.4 Å². The number of anilines is 1. The molecule has 1 fully saturated rings. The van der Waals surface area contributed by atoms with E-state index in [1.54, 1.807) is 0 Å². The summed E-state index contributed by atoms with van der Waals surface area (Å²) in [6.45, 7) is 3.24. The average molecular weight is 248 g/mol. The maximum absolute atomic E-state index is 11.5. The molecule has 1 atom stereocenters. The van der Waals surface area contributed by atoms with E-state index in [9.17, 15) is 4.79 Å². The van der Waals surface area contributed by atoms with E-state index in [4.69, 9.17) is 11.5 Å². The van der Waals surface area contributed by atoms with E-state index in [-0.39, 0.29) is 11.9 Å². The molecular weight excluding hydrogens is 228 g/mol. The van der Waals surface area contributed by atoms with E-state index in [1.165, 1.54) is 0 Å². The Labute approximate surface area is 107 Å². The Hall–Kier alpha value is -1.62. The number of piperidine rings is 1. The fraction of sp³-hybridized carbons (Fsp3) is 0.538. The number of amides is 1. The molecule has 0 bridgehead atoms. The van der Waals surface area contributed by atoms with Gasteiger partial charge in [-0.05, 0) is 43.9 Å². The van der Waals surface area contributed by atoms with Gasteiger partial charge in [0.25, 0.3) is 0 Å². The van der Waals surface area contributed by atoms with Crippen LogP contribution in [0, 0.1) is 6.92 Å². The van der Waals surface area contributed by atoms with Crippen molar-refractivity contribution in [1.29, 1.82) is 0 Å². The first-order valence-corrected chi connectivity index (χ1v) is 6.35. The lowest BCUT2D eigenvalue weighted by Crippen LogP contribution is -2.48. The third kappa shape index (κ3) is 2.61. The van der Waals surface area contributed by atoms with Gasteiger partial charge in [-0.2, -0.15) is 0 Å². The van der Waals surface area contributed by atoms with Crippen LogP contribution in [0.2, 0.25) is 0 Å². The molecule has 0 saturated carbocycles. The van der Waals surface area contributed by atoms with Gasteiger partial charge in [-0.3, -0.25) is 4.79 Å². The monoisotopic (exact) mass is 248 g/mol. The van der Waals surface area contributed by atoms with Gasteiger partial charge in [0.2, 0.25) is 5.91 Å². The molecule has 0 radical (unpaired) electrons. The second kappa shape index (κ2) is 5.35. The van der Waals surface area contributed by atoms with Crippen LogP contribution >= 0.6 is 0 Å². The Kier molecular flexibility index (Phi) is 3.81. The number of aromatic nitrogens is 1. The van der Waals surface area contributed by atoms with Crippen molar-refractivity contribution in [2.24, 2.45) is 11.5 Å². The van der Waals surface area contributed by atoms with Crippen molar-refractivity contribution in [3.63, 3.8) is 0 Å². The van der Waals surface area contributed by atoms with Gasteiger partial charge in [0.15, 0.2) is 0 Å². The van der Waals surface area contributed by atoms with Crippen molar-refractivity contribution >= 4 is 11.7 Å². The number of carbonyl (C=O) groups excluding carboxylic acids is 1. The van der Waals surface area contributed by atoms with Gasteiger partial charge in [-0.1, -0.05) is 0 Å². The Bertz CT molecular complexity index is 447. The summed E-state index contributed by atoms with van der Waals surface area (Å²) in [5.41, 5.74) is 13.1. The normalized spacial score (nSPS) is 19.9. The summed E-state index contributed by atoms with van der Waals surface area (Å²) in [5, 5.41) is 0. The number of hydrogen-bond acceptors (Lipinski definition) is 4. The highest BCUT2D eigenvalue weighted by Gasteiger charge is 2.28. The second-order valence-corrected chi connectivity index (χ2v) is 4.79. The predicted octanol–water partition coefficient (Wildman–Crippen LogP) is 0.693. The van der Waals surface area contributed by atoms with Crippen molar-refractivity contribution in [1.82, 2.24) is 4.98 Å². The summed E-state index contributed by atoms with van der Waals surface area (Å²) < 4.78 is 0. The van der Waals surface area contributed by atoms with E-state index in [0.29, 0.717) is 6.54 Å². The number of pyridine rings is 1. The van der Waals surface area contributed by atoms with Crippen LogP contribution in [0.15, 0.2) is 12.1 Å². The molecule has 5 heteroatoms. The molecule has 5 nitrogen and oxygen atoms in total. The predicted molar refractivity (Wildman–Crippen MR) is 71.0 cm³/mol. The summed E-state index contributed by atoms with van der Waals surface area (Å²) in [7, 11) is 0. The van der Waals surface area contributed by atoms with Crippen LogP contribution in [0.5, 0.6) is 0 Å². The van der Waals surface area contributed by atoms with Gasteiger partial charge in [-0.15, -0.1) is 0 Å². The lowest BCUT2D eigenvalue weighted by Gasteiger charge is -2.35. The zero-order chi connectivity index (χ0) is 13.1. The molecular formula is C13H20N4O. The molecule has 1 aromatic rings. The first kappa shape index (κ1) is 12.8. The zero-order valence-electron chi connectivity index (χ0n) is 10.7. The number of primary amides is 1. The quantitative estimate of drug-likeness (QED) is 0.824. The SMILES string of the molecule is Cc1cc(CN)cc(N2CCCCC2C(N)=O)n1. The van der Waals surface area contributed by atoms with Gasteiger partial charge in [0.1, 0.15) is 11.9 Å². The minimum absolute atomic E-state index is 0.237. The van der Waals surface area contributed by atoms with Crippen molar-refractivity contribution in [3.8, 4) is 0 Å². The molecule has 1 aliphatic heterocycles. The van der Waals surface area contributed by atoms with Crippen LogP contribution < -0.4 is 16.4 Å². The van der Waals surface area contributed by atoms with Crippen LogP contribution in [0.1, 0.15) is 30.5 Å². The average Bonchev–Trinajstić information content (AvgIpc) is 2.38. The molecule has 1 aromatic heterocycles. The van der Waals surface area contributed by atoms with E-state index < -0.39 is 0 Å².